The summed E-state index contributed by atoms with van der Waals surface area (Å²) in [5.41, 5.74) is 8.17. The molecule has 88 valence electrons. The van der Waals surface area contributed by atoms with Crippen molar-refractivity contribution in [2.45, 2.75) is 6.92 Å². The molecule has 0 bridgehead atoms. The molecule has 1 heterocycles. The zero-order valence-electron chi connectivity index (χ0n) is 9.47. The molecule has 0 spiro atoms. The highest BCUT2D eigenvalue weighted by atomic mass is 32.1. The summed E-state index contributed by atoms with van der Waals surface area (Å²) in [6.45, 7) is 2.15. The first kappa shape index (κ1) is 11.7. The van der Waals surface area contributed by atoms with Gasteiger partial charge in [0.25, 0.3) is 0 Å². The van der Waals surface area contributed by atoms with Crippen LogP contribution in [0.3, 0.4) is 0 Å². The van der Waals surface area contributed by atoms with E-state index in [-0.39, 0.29) is 5.97 Å². The van der Waals surface area contributed by atoms with E-state index in [9.17, 15) is 4.79 Å². The van der Waals surface area contributed by atoms with E-state index in [2.05, 4.69) is 0 Å². The molecule has 0 atom stereocenters. The highest BCUT2D eigenvalue weighted by molar-refractivity contribution is 7.15. The van der Waals surface area contributed by atoms with Crippen LogP contribution in [0, 0.1) is 0 Å². The Balaban J connectivity index is 2.47. The molecule has 2 N–H and O–H groups in total. The summed E-state index contributed by atoms with van der Waals surface area (Å²) < 4.78 is 5.02. The number of thiophene rings is 1. The molecule has 4 heteroatoms. The van der Waals surface area contributed by atoms with Gasteiger partial charge >= 0.3 is 5.97 Å². The van der Waals surface area contributed by atoms with Crippen LogP contribution in [0.15, 0.2) is 35.7 Å². The second-order valence-electron chi connectivity index (χ2n) is 3.48. The highest BCUT2D eigenvalue weighted by Crippen LogP contribution is 2.35. The number of ether oxygens (including phenoxy) is 1. The average molecular weight is 247 g/mol. The molecule has 0 saturated carbocycles. The minimum Gasteiger partial charge on any atom is -0.462 e. The van der Waals surface area contributed by atoms with Crippen LogP contribution in [0.5, 0.6) is 0 Å². The second kappa shape index (κ2) is 5.01. The Morgan fingerprint density at radius 3 is 2.71 bits per heavy atom. The number of esters is 1. The Morgan fingerprint density at radius 1 is 1.35 bits per heavy atom. The first-order valence-corrected chi connectivity index (χ1v) is 6.21. The van der Waals surface area contributed by atoms with Crippen LogP contribution in [0.4, 0.5) is 5.00 Å². The lowest BCUT2D eigenvalue weighted by Crippen LogP contribution is -2.05. The van der Waals surface area contributed by atoms with Crippen molar-refractivity contribution in [3.63, 3.8) is 0 Å². The molecule has 3 nitrogen and oxygen atoms in total. The van der Waals surface area contributed by atoms with E-state index in [1.807, 2.05) is 30.3 Å². The van der Waals surface area contributed by atoms with E-state index in [4.69, 9.17) is 10.5 Å². The van der Waals surface area contributed by atoms with E-state index >= 15 is 0 Å². The standard InChI is InChI=1S/C13H13NO2S/c1-2-16-13(15)10-8-17-12(14)11(10)9-6-4-3-5-7-9/h3-8H,2,14H2,1H3. The largest absolute Gasteiger partial charge is 0.462 e. The third kappa shape index (κ3) is 2.31. The fourth-order valence-corrected chi connectivity index (χ4v) is 2.44. The van der Waals surface area contributed by atoms with Crippen LogP contribution in [0.1, 0.15) is 17.3 Å². The topological polar surface area (TPSA) is 52.3 Å². The van der Waals surface area contributed by atoms with Gasteiger partial charge in [-0.25, -0.2) is 4.79 Å². The van der Waals surface area contributed by atoms with Crippen LogP contribution in [0.25, 0.3) is 11.1 Å². The zero-order chi connectivity index (χ0) is 12.3. The molecule has 0 fully saturated rings. The molecule has 1 aromatic heterocycles. The minimum atomic E-state index is -0.320. The van der Waals surface area contributed by atoms with Crippen LogP contribution in [-0.4, -0.2) is 12.6 Å². The Morgan fingerprint density at radius 2 is 2.06 bits per heavy atom. The Bertz CT molecular complexity index is 519. The minimum absolute atomic E-state index is 0.320. The number of rotatable bonds is 3. The predicted octanol–water partition coefficient (Wildman–Crippen LogP) is 3.17. The van der Waals surface area contributed by atoms with Crippen molar-refractivity contribution in [2.75, 3.05) is 12.3 Å². The van der Waals surface area contributed by atoms with E-state index in [1.165, 1.54) is 11.3 Å². The summed E-state index contributed by atoms with van der Waals surface area (Å²) in [5, 5.41) is 2.38. The molecule has 0 aliphatic rings. The maximum Gasteiger partial charge on any atom is 0.339 e. The quantitative estimate of drug-likeness (QED) is 0.847. The lowest BCUT2D eigenvalue weighted by atomic mass is 10.0. The van der Waals surface area contributed by atoms with Gasteiger partial charge in [-0.05, 0) is 12.5 Å². The summed E-state index contributed by atoms with van der Waals surface area (Å²) >= 11 is 1.36. The third-order valence-electron chi connectivity index (χ3n) is 2.38. The normalized spacial score (nSPS) is 10.2. The highest BCUT2D eigenvalue weighted by Gasteiger charge is 2.18. The summed E-state index contributed by atoms with van der Waals surface area (Å²) in [5.74, 6) is -0.320. The van der Waals surface area contributed by atoms with Crippen molar-refractivity contribution in [1.29, 1.82) is 0 Å². The van der Waals surface area contributed by atoms with Gasteiger partial charge in [-0.1, -0.05) is 30.3 Å². The third-order valence-corrected chi connectivity index (χ3v) is 3.19. The molecule has 0 amide bonds. The lowest BCUT2D eigenvalue weighted by molar-refractivity contribution is 0.0528. The van der Waals surface area contributed by atoms with Gasteiger partial charge in [0.05, 0.1) is 17.2 Å². The summed E-state index contributed by atoms with van der Waals surface area (Å²) in [6.07, 6.45) is 0. The number of nitrogen functional groups attached to an aromatic ring is 1. The zero-order valence-corrected chi connectivity index (χ0v) is 10.3. The van der Waals surface area contributed by atoms with Crippen LogP contribution >= 0.6 is 11.3 Å². The maximum absolute atomic E-state index is 11.8. The van der Waals surface area contributed by atoms with E-state index in [0.717, 1.165) is 11.1 Å². The van der Waals surface area contributed by atoms with Crippen molar-refractivity contribution in [2.24, 2.45) is 0 Å². The fraction of sp³-hybridized carbons (Fsp3) is 0.154. The molecule has 2 aromatic rings. The van der Waals surface area contributed by atoms with Crippen molar-refractivity contribution in [3.05, 3.63) is 41.3 Å². The molecule has 2 rings (SSSR count). The molecule has 1 aromatic carbocycles. The van der Waals surface area contributed by atoms with E-state index in [0.29, 0.717) is 17.2 Å². The monoisotopic (exact) mass is 247 g/mol. The van der Waals surface area contributed by atoms with Gasteiger partial charge in [0, 0.05) is 10.9 Å². The molecule has 0 unspecified atom stereocenters. The van der Waals surface area contributed by atoms with Crippen molar-refractivity contribution >= 4 is 22.3 Å². The number of carbonyl (C=O) groups excluding carboxylic acids is 1. The molecular weight excluding hydrogens is 234 g/mol. The number of hydrogen-bond donors (Lipinski definition) is 1. The molecule has 0 aliphatic heterocycles. The number of carbonyl (C=O) groups is 1. The summed E-state index contributed by atoms with van der Waals surface area (Å²) in [4.78, 5) is 11.8. The number of benzene rings is 1. The van der Waals surface area contributed by atoms with Crippen LogP contribution in [-0.2, 0) is 4.74 Å². The average Bonchev–Trinajstić information content (AvgIpc) is 2.73. The van der Waals surface area contributed by atoms with Gasteiger partial charge in [0.1, 0.15) is 0 Å². The predicted molar refractivity (Wildman–Crippen MR) is 70.1 cm³/mol. The van der Waals surface area contributed by atoms with Gasteiger partial charge in [0.2, 0.25) is 0 Å². The van der Waals surface area contributed by atoms with Crippen LogP contribution < -0.4 is 5.73 Å². The van der Waals surface area contributed by atoms with E-state index < -0.39 is 0 Å². The van der Waals surface area contributed by atoms with Gasteiger partial charge in [-0.2, -0.15) is 0 Å². The fourth-order valence-electron chi connectivity index (χ4n) is 1.63. The van der Waals surface area contributed by atoms with Gasteiger partial charge in [-0.3, -0.25) is 0 Å². The second-order valence-corrected chi connectivity index (χ2v) is 4.39. The Labute approximate surface area is 104 Å². The molecule has 17 heavy (non-hydrogen) atoms. The lowest BCUT2D eigenvalue weighted by Gasteiger charge is -2.05. The molecule has 0 radical (unpaired) electrons. The SMILES string of the molecule is CCOC(=O)c1csc(N)c1-c1ccccc1. The number of anilines is 1. The Hall–Kier alpha value is -1.81. The van der Waals surface area contributed by atoms with E-state index in [1.54, 1.807) is 12.3 Å². The smallest absolute Gasteiger partial charge is 0.339 e. The number of hydrogen-bond acceptors (Lipinski definition) is 4. The maximum atomic E-state index is 11.8. The summed E-state index contributed by atoms with van der Waals surface area (Å²) in [6, 6.07) is 9.63. The first-order valence-electron chi connectivity index (χ1n) is 5.33. The van der Waals surface area contributed by atoms with Crippen molar-refractivity contribution in [3.8, 4) is 11.1 Å². The van der Waals surface area contributed by atoms with Crippen LogP contribution in [0.2, 0.25) is 0 Å². The first-order chi connectivity index (χ1) is 8.24. The molecule has 0 saturated heterocycles. The Kier molecular flexibility index (Phi) is 3.44. The molecular formula is C13H13NO2S. The summed E-state index contributed by atoms with van der Waals surface area (Å²) in [7, 11) is 0. The van der Waals surface area contributed by atoms with Crippen molar-refractivity contribution < 1.29 is 9.53 Å². The number of nitrogens with two attached hydrogens (primary N) is 1. The van der Waals surface area contributed by atoms with Gasteiger partial charge in [0.15, 0.2) is 0 Å². The van der Waals surface area contributed by atoms with Gasteiger partial charge in [-0.15, -0.1) is 11.3 Å². The van der Waals surface area contributed by atoms with Crippen molar-refractivity contribution in [1.82, 2.24) is 0 Å². The van der Waals surface area contributed by atoms with Gasteiger partial charge < -0.3 is 10.5 Å². The molecule has 0 aliphatic carbocycles.